The zero-order valence-corrected chi connectivity index (χ0v) is 17.8. The minimum atomic E-state index is -0.198. The molecule has 1 amide bonds. The Morgan fingerprint density at radius 1 is 1.13 bits per heavy atom. The second kappa shape index (κ2) is 8.17. The van der Waals surface area contributed by atoms with Crippen LogP contribution in [0.5, 0.6) is 11.5 Å². The fourth-order valence-corrected chi connectivity index (χ4v) is 4.95. The Morgan fingerprint density at radius 2 is 1.97 bits per heavy atom. The van der Waals surface area contributed by atoms with Gasteiger partial charge in [0.2, 0.25) is 5.91 Å². The van der Waals surface area contributed by atoms with Gasteiger partial charge >= 0.3 is 0 Å². The van der Waals surface area contributed by atoms with Crippen LogP contribution in [0.1, 0.15) is 0 Å². The molecule has 0 saturated carbocycles. The SMILES string of the molecule is O=C(CSc1nnc(-c2sc3ccccc3c2Cl)o1)Nc1ccc2c(c1)OCCO2. The zero-order chi connectivity index (χ0) is 20.5. The van der Waals surface area contributed by atoms with Gasteiger partial charge < -0.3 is 19.2 Å². The fourth-order valence-electron chi connectivity index (χ4n) is 2.96. The fraction of sp³-hybridized carbons (Fsp3) is 0.150. The van der Waals surface area contributed by atoms with E-state index in [4.69, 9.17) is 25.5 Å². The van der Waals surface area contributed by atoms with E-state index < -0.39 is 0 Å². The first-order valence-corrected chi connectivity index (χ1v) is 11.2. The number of nitrogens with zero attached hydrogens (tertiary/aromatic N) is 2. The summed E-state index contributed by atoms with van der Waals surface area (Å²) in [6, 6.07) is 13.1. The number of amides is 1. The molecule has 1 aliphatic heterocycles. The van der Waals surface area contributed by atoms with Crippen LogP contribution in [-0.2, 0) is 4.79 Å². The lowest BCUT2D eigenvalue weighted by Gasteiger charge is -2.18. The van der Waals surface area contributed by atoms with Gasteiger partial charge in [-0.3, -0.25) is 4.79 Å². The summed E-state index contributed by atoms with van der Waals surface area (Å²) < 4.78 is 17.8. The molecule has 0 aliphatic carbocycles. The quantitative estimate of drug-likeness (QED) is 0.415. The van der Waals surface area contributed by atoms with Gasteiger partial charge in [0.25, 0.3) is 11.1 Å². The molecule has 2 aromatic carbocycles. The van der Waals surface area contributed by atoms with Gasteiger partial charge in [0.1, 0.15) is 18.1 Å². The van der Waals surface area contributed by atoms with Crippen LogP contribution in [0.15, 0.2) is 52.1 Å². The number of carbonyl (C=O) groups excluding carboxylic acids is 1. The summed E-state index contributed by atoms with van der Waals surface area (Å²) in [6.07, 6.45) is 0. The maximum absolute atomic E-state index is 12.3. The van der Waals surface area contributed by atoms with Gasteiger partial charge in [0, 0.05) is 21.8 Å². The zero-order valence-electron chi connectivity index (χ0n) is 15.4. The summed E-state index contributed by atoms with van der Waals surface area (Å²) in [5, 5.41) is 12.8. The van der Waals surface area contributed by atoms with Crippen LogP contribution in [0.25, 0.3) is 20.9 Å². The van der Waals surface area contributed by atoms with Crippen molar-refractivity contribution in [3.63, 3.8) is 0 Å². The van der Waals surface area contributed by atoms with Crippen LogP contribution in [-0.4, -0.2) is 35.1 Å². The van der Waals surface area contributed by atoms with Gasteiger partial charge in [-0.15, -0.1) is 21.5 Å². The van der Waals surface area contributed by atoms with Crippen molar-refractivity contribution in [1.82, 2.24) is 10.2 Å². The smallest absolute Gasteiger partial charge is 0.277 e. The molecule has 0 saturated heterocycles. The van der Waals surface area contributed by atoms with Crippen molar-refractivity contribution in [3.8, 4) is 22.3 Å². The molecule has 0 spiro atoms. The van der Waals surface area contributed by atoms with Crippen LogP contribution in [0.3, 0.4) is 0 Å². The molecule has 0 fully saturated rings. The topological polar surface area (TPSA) is 86.5 Å². The van der Waals surface area contributed by atoms with E-state index in [0.717, 1.165) is 26.7 Å². The minimum absolute atomic E-state index is 0.121. The van der Waals surface area contributed by atoms with E-state index >= 15 is 0 Å². The molecule has 1 aliphatic rings. The van der Waals surface area contributed by atoms with Crippen LogP contribution in [0.4, 0.5) is 5.69 Å². The van der Waals surface area contributed by atoms with E-state index in [1.54, 1.807) is 18.2 Å². The summed E-state index contributed by atoms with van der Waals surface area (Å²) in [5.41, 5.74) is 0.633. The van der Waals surface area contributed by atoms with Gasteiger partial charge in [-0.25, -0.2) is 0 Å². The lowest BCUT2D eigenvalue weighted by atomic mass is 10.2. The maximum Gasteiger partial charge on any atom is 0.277 e. The third-order valence-corrected chi connectivity index (χ3v) is 6.77. The molecule has 5 rings (SSSR count). The maximum atomic E-state index is 12.3. The number of rotatable bonds is 5. The Kier molecular flexibility index (Phi) is 5.24. The lowest BCUT2D eigenvalue weighted by molar-refractivity contribution is -0.113. The van der Waals surface area contributed by atoms with Gasteiger partial charge in [-0.05, 0) is 18.2 Å². The molecule has 30 heavy (non-hydrogen) atoms. The molecule has 3 heterocycles. The Morgan fingerprint density at radius 3 is 2.83 bits per heavy atom. The number of thiophene rings is 1. The third-order valence-electron chi connectivity index (χ3n) is 4.29. The first-order chi connectivity index (χ1) is 14.7. The van der Waals surface area contributed by atoms with E-state index in [9.17, 15) is 4.79 Å². The molecule has 0 bridgehead atoms. The number of anilines is 1. The molecular weight excluding hydrogens is 446 g/mol. The average molecular weight is 460 g/mol. The predicted octanol–water partition coefficient (Wildman–Crippen LogP) is 5.11. The van der Waals surface area contributed by atoms with Gasteiger partial charge in [-0.2, -0.15) is 0 Å². The van der Waals surface area contributed by atoms with Gasteiger partial charge in [-0.1, -0.05) is 41.6 Å². The minimum Gasteiger partial charge on any atom is -0.486 e. The Bertz CT molecular complexity index is 1240. The van der Waals surface area contributed by atoms with Crippen LogP contribution < -0.4 is 14.8 Å². The van der Waals surface area contributed by atoms with Crippen molar-refractivity contribution in [3.05, 3.63) is 47.5 Å². The standard InChI is InChI=1S/C20H14ClN3O4S2/c21-17-12-3-1-2-4-15(12)30-18(17)19-23-24-20(28-19)29-10-16(25)22-11-5-6-13-14(9-11)27-8-7-26-13/h1-6,9H,7-8,10H2,(H,22,25). The van der Waals surface area contributed by atoms with E-state index in [-0.39, 0.29) is 11.7 Å². The largest absolute Gasteiger partial charge is 0.486 e. The van der Waals surface area contributed by atoms with Gasteiger partial charge in [0.15, 0.2) is 11.5 Å². The van der Waals surface area contributed by atoms with E-state index in [1.165, 1.54) is 11.3 Å². The number of halogens is 1. The Hall–Kier alpha value is -2.75. The van der Waals surface area contributed by atoms with Crippen molar-refractivity contribution in [1.29, 1.82) is 0 Å². The summed E-state index contributed by atoms with van der Waals surface area (Å²) >= 11 is 9.11. The molecule has 0 unspecified atom stereocenters. The normalized spacial score (nSPS) is 12.8. The number of nitrogens with one attached hydrogen (secondary N) is 1. The Labute approximate surface area is 184 Å². The number of benzene rings is 2. The van der Waals surface area contributed by atoms with E-state index in [1.807, 2.05) is 24.3 Å². The van der Waals surface area contributed by atoms with Crippen LogP contribution >= 0.6 is 34.7 Å². The number of fused-ring (bicyclic) bond motifs is 2. The number of aromatic nitrogens is 2. The monoisotopic (exact) mass is 459 g/mol. The second-order valence-electron chi connectivity index (χ2n) is 6.31. The van der Waals surface area contributed by atoms with Crippen LogP contribution in [0.2, 0.25) is 5.02 Å². The van der Waals surface area contributed by atoms with Crippen molar-refractivity contribution in [2.75, 3.05) is 24.3 Å². The highest BCUT2D eigenvalue weighted by Crippen LogP contribution is 2.41. The molecule has 2 aromatic heterocycles. The molecule has 152 valence electrons. The van der Waals surface area contributed by atoms with E-state index in [0.29, 0.717) is 46.5 Å². The molecule has 7 nitrogen and oxygen atoms in total. The molecular formula is C20H14ClN3O4S2. The number of ether oxygens (including phenoxy) is 2. The average Bonchev–Trinajstić information content (AvgIpc) is 3.37. The molecule has 0 atom stereocenters. The van der Waals surface area contributed by atoms with E-state index in [2.05, 4.69) is 15.5 Å². The highest BCUT2D eigenvalue weighted by molar-refractivity contribution is 7.99. The predicted molar refractivity (Wildman–Crippen MR) is 117 cm³/mol. The summed E-state index contributed by atoms with van der Waals surface area (Å²) in [6.45, 7) is 1.01. The first-order valence-electron chi connectivity index (χ1n) is 9.00. The van der Waals surface area contributed by atoms with Crippen molar-refractivity contribution >= 4 is 56.4 Å². The molecule has 4 aromatic rings. The summed E-state index contributed by atoms with van der Waals surface area (Å²) in [4.78, 5) is 13.0. The van der Waals surface area contributed by atoms with Crippen molar-refractivity contribution in [2.45, 2.75) is 5.22 Å². The van der Waals surface area contributed by atoms with Crippen LogP contribution in [0, 0.1) is 0 Å². The second-order valence-corrected chi connectivity index (χ2v) is 8.67. The third kappa shape index (κ3) is 3.83. The lowest BCUT2D eigenvalue weighted by Crippen LogP contribution is -2.17. The molecule has 10 heteroatoms. The molecule has 0 radical (unpaired) electrons. The van der Waals surface area contributed by atoms with Crippen molar-refractivity contribution < 1.29 is 18.7 Å². The summed E-state index contributed by atoms with van der Waals surface area (Å²) in [7, 11) is 0. The highest BCUT2D eigenvalue weighted by Gasteiger charge is 2.18. The number of hydrogen-bond donors (Lipinski definition) is 1. The Balaban J connectivity index is 1.23. The van der Waals surface area contributed by atoms with Crippen molar-refractivity contribution in [2.24, 2.45) is 0 Å². The first kappa shape index (κ1) is 19.2. The number of thioether (sulfide) groups is 1. The number of carbonyl (C=O) groups is 1. The summed E-state index contributed by atoms with van der Waals surface area (Å²) in [5.74, 6) is 1.56. The van der Waals surface area contributed by atoms with Gasteiger partial charge in [0.05, 0.1) is 10.8 Å². The molecule has 1 N–H and O–H groups in total. The number of hydrogen-bond acceptors (Lipinski definition) is 8. The highest BCUT2D eigenvalue weighted by atomic mass is 35.5.